The molecule has 2 N–H and O–H groups in total. The van der Waals surface area contributed by atoms with Gasteiger partial charge in [-0.05, 0) is 43.7 Å². The Morgan fingerprint density at radius 3 is 2.52 bits per heavy atom. The Hall–Kier alpha value is -1.44. The third-order valence-electron chi connectivity index (χ3n) is 3.81. The van der Waals surface area contributed by atoms with Gasteiger partial charge in [0.05, 0.1) is 4.90 Å². The predicted octanol–water partition coefficient (Wildman–Crippen LogP) is 0.419. The number of hydrogen-bond donors (Lipinski definition) is 2. The number of piperidine rings is 1. The summed E-state index contributed by atoms with van der Waals surface area (Å²) in [7, 11) is -0.377. The van der Waals surface area contributed by atoms with Gasteiger partial charge in [-0.1, -0.05) is 0 Å². The number of sulfonamides is 1. The standard InChI is InChI=1S/C14H21N3O3S/c1-15-14(18)11-5-7-13(8-6-11)21(19,20)17(2)12-4-3-9-16-10-12/h5-8,12,16H,3-4,9-10H2,1-2H3,(H,15,18). The molecule has 1 fully saturated rings. The van der Waals surface area contributed by atoms with Gasteiger partial charge in [0, 0.05) is 32.2 Å². The largest absolute Gasteiger partial charge is 0.355 e. The normalized spacial score (nSPS) is 19.5. The minimum absolute atomic E-state index is 0.0256. The first-order valence-electron chi connectivity index (χ1n) is 6.97. The second-order valence-electron chi connectivity index (χ2n) is 5.12. The fourth-order valence-corrected chi connectivity index (χ4v) is 3.81. The lowest BCUT2D eigenvalue weighted by atomic mass is 10.1. The monoisotopic (exact) mass is 311 g/mol. The van der Waals surface area contributed by atoms with E-state index in [1.54, 1.807) is 7.05 Å². The molecule has 1 saturated heterocycles. The summed E-state index contributed by atoms with van der Waals surface area (Å²) in [5.74, 6) is -0.233. The molecular weight excluding hydrogens is 290 g/mol. The third-order valence-corrected chi connectivity index (χ3v) is 5.73. The van der Waals surface area contributed by atoms with Gasteiger partial charge in [0.1, 0.15) is 0 Å². The molecular formula is C14H21N3O3S. The molecule has 6 nitrogen and oxygen atoms in total. The Balaban J connectivity index is 2.20. The van der Waals surface area contributed by atoms with Gasteiger partial charge in [0.15, 0.2) is 0 Å². The van der Waals surface area contributed by atoms with E-state index in [4.69, 9.17) is 0 Å². The van der Waals surface area contributed by atoms with Crippen LogP contribution < -0.4 is 10.6 Å². The molecule has 0 aliphatic carbocycles. The highest BCUT2D eigenvalue weighted by atomic mass is 32.2. The van der Waals surface area contributed by atoms with E-state index in [0.29, 0.717) is 12.1 Å². The smallest absolute Gasteiger partial charge is 0.251 e. The topological polar surface area (TPSA) is 78.5 Å². The maximum Gasteiger partial charge on any atom is 0.251 e. The quantitative estimate of drug-likeness (QED) is 0.845. The Morgan fingerprint density at radius 1 is 1.33 bits per heavy atom. The van der Waals surface area contributed by atoms with Crippen LogP contribution >= 0.6 is 0 Å². The zero-order valence-corrected chi connectivity index (χ0v) is 13.1. The summed E-state index contributed by atoms with van der Waals surface area (Å²) in [4.78, 5) is 11.7. The molecule has 0 radical (unpaired) electrons. The van der Waals surface area contributed by atoms with Crippen LogP contribution in [0.3, 0.4) is 0 Å². The molecule has 2 rings (SSSR count). The van der Waals surface area contributed by atoms with Crippen molar-refractivity contribution >= 4 is 15.9 Å². The number of benzene rings is 1. The van der Waals surface area contributed by atoms with E-state index in [1.807, 2.05) is 0 Å². The second-order valence-corrected chi connectivity index (χ2v) is 7.12. The molecule has 1 aliphatic heterocycles. The maximum absolute atomic E-state index is 12.6. The van der Waals surface area contributed by atoms with Gasteiger partial charge in [-0.25, -0.2) is 8.42 Å². The van der Waals surface area contributed by atoms with Crippen molar-refractivity contribution in [2.45, 2.75) is 23.8 Å². The van der Waals surface area contributed by atoms with Crippen molar-refractivity contribution in [2.24, 2.45) is 0 Å². The van der Waals surface area contributed by atoms with Crippen LogP contribution in [-0.4, -0.2) is 51.9 Å². The molecule has 0 spiro atoms. The predicted molar refractivity (Wildman–Crippen MR) is 80.7 cm³/mol. The molecule has 1 unspecified atom stereocenters. The highest BCUT2D eigenvalue weighted by molar-refractivity contribution is 7.89. The van der Waals surface area contributed by atoms with Gasteiger partial charge in [-0.15, -0.1) is 0 Å². The van der Waals surface area contributed by atoms with Crippen LogP contribution in [0.4, 0.5) is 0 Å². The van der Waals surface area contributed by atoms with Gasteiger partial charge in [-0.3, -0.25) is 4.79 Å². The number of nitrogens with one attached hydrogen (secondary N) is 2. The Morgan fingerprint density at radius 2 is 2.00 bits per heavy atom. The highest BCUT2D eigenvalue weighted by Crippen LogP contribution is 2.20. The van der Waals surface area contributed by atoms with Crippen LogP contribution in [0, 0.1) is 0 Å². The minimum Gasteiger partial charge on any atom is -0.355 e. The van der Waals surface area contributed by atoms with Crippen molar-refractivity contribution in [3.05, 3.63) is 29.8 Å². The maximum atomic E-state index is 12.6. The molecule has 1 heterocycles. The van der Waals surface area contributed by atoms with Crippen molar-refractivity contribution in [1.82, 2.24) is 14.9 Å². The van der Waals surface area contributed by atoms with Crippen LogP contribution in [0.2, 0.25) is 0 Å². The summed E-state index contributed by atoms with van der Waals surface area (Å²) in [5, 5.41) is 5.72. The summed E-state index contributed by atoms with van der Waals surface area (Å²) < 4.78 is 26.6. The van der Waals surface area contributed by atoms with E-state index in [1.165, 1.54) is 35.6 Å². The molecule has 116 valence electrons. The zero-order valence-electron chi connectivity index (χ0n) is 12.3. The van der Waals surface area contributed by atoms with Crippen molar-refractivity contribution in [3.63, 3.8) is 0 Å². The van der Waals surface area contributed by atoms with Crippen molar-refractivity contribution in [1.29, 1.82) is 0 Å². The Bertz CT molecular complexity index is 592. The molecule has 1 atom stereocenters. The van der Waals surface area contributed by atoms with Gasteiger partial charge in [0.25, 0.3) is 5.91 Å². The van der Waals surface area contributed by atoms with E-state index >= 15 is 0 Å². The first-order valence-corrected chi connectivity index (χ1v) is 8.41. The molecule has 7 heteroatoms. The van der Waals surface area contributed by atoms with Crippen molar-refractivity contribution in [3.8, 4) is 0 Å². The summed E-state index contributed by atoms with van der Waals surface area (Å²) in [6.45, 7) is 1.61. The van der Waals surface area contributed by atoms with E-state index in [9.17, 15) is 13.2 Å². The summed E-state index contributed by atoms with van der Waals surface area (Å²) in [5.41, 5.74) is 0.443. The van der Waals surface area contributed by atoms with E-state index in [2.05, 4.69) is 10.6 Å². The Kier molecular flexibility index (Phi) is 4.97. The number of carbonyl (C=O) groups is 1. The molecule has 1 aromatic rings. The fraction of sp³-hybridized carbons (Fsp3) is 0.500. The van der Waals surface area contributed by atoms with Crippen LogP contribution in [0.15, 0.2) is 29.2 Å². The molecule has 21 heavy (non-hydrogen) atoms. The summed E-state index contributed by atoms with van der Waals surface area (Å²) in [6, 6.07) is 5.99. The van der Waals surface area contributed by atoms with Crippen LogP contribution in [0.25, 0.3) is 0 Å². The SMILES string of the molecule is CNC(=O)c1ccc(S(=O)(=O)N(C)C2CCCNC2)cc1. The zero-order chi connectivity index (χ0) is 15.5. The first-order chi connectivity index (χ1) is 9.96. The lowest BCUT2D eigenvalue weighted by molar-refractivity contribution is 0.0963. The van der Waals surface area contributed by atoms with Crippen LogP contribution in [0.1, 0.15) is 23.2 Å². The number of nitrogens with zero attached hydrogens (tertiary/aromatic N) is 1. The van der Waals surface area contributed by atoms with Gasteiger partial charge >= 0.3 is 0 Å². The lowest BCUT2D eigenvalue weighted by Gasteiger charge is -2.30. The fourth-order valence-electron chi connectivity index (χ4n) is 2.43. The van der Waals surface area contributed by atoms with Crippen LogP contribution in [-0.2, 0) is 10.0 Å². The Labute approximate surface area is 125 Å². The highest BCUT2D eigenvalue weighted by Gasteiger charge is 2.28. The minimum atomic E-state index is -3.53. The number of hydrogen-bond acceptors (Lipinski definition) is 4. The summed E-state index contributed by atoms with van der Waals surface area (Å²) >= 11 is 0. The number of carbonyl (C=O) groups excluding carboxylic acids is 1. The van der Waals surface area contributed by atoms with Gasteiger partial charge in [-0.2, -0.15) is 4.31 Å². The van der Waals surface area contributed by atoms with E-state index < -0.39 is 10.0 Å². The average Bonchev–Trinajstić information content (AvgIpc) is 2.54. The van der Waals surface area contributed by atoms with Crippen molar-refractivity contribution < 1.29 is 13.2 Å². The van der Waals surface area contributed by atoms with E-state index in [0.717, 1.165) is 19.4 Å². The summed E-state index contributed by atoms with van der Waals surface area (Å²) in [6.07, 6.45) is 1.83. The molecule has 1 aliphatic rings. The molecule has 1 amide bonds. The van der Waals surface area contributed by atoms with Gasteiger partial charge in [0.2, 0.25) is 10.0 Å². The van der Waals surface area contributed by atoms with Crippen LogP contribution in [0.5, 0.6) is 0 Å². The number of rotatable bonds is 4. The molecule has 1 aromatic carbocycles. The molecule has 0 bridgehead atoms. The van der Waals surface area contributed by atoms with E-state index in [-0.39, 0.29) is 16.8 Å². The lowest BCUT2D eigenvalue weighted by Crippen LogP contribution is -2.46. The number of amides is 1. The van der Waals surface area contributed by atoms with Gasteiger partial charge < -0.3 is 10.6 Å². The molecule has 0 aromatic heterocycles. The third kappa shape index (κ3) is 3.42. The number of likely N-dealkylation sites (N-methyl/N-ethyl adjacent to an activating group) is 1. The second kappa shape index (κ2) is 6.55. The first kappa shape index (κ1) is 15.9. The van der Waals surface area contributed by atoms with Crippen molar-refractivity contribution in [2.75, 3.05) is 27.2 Å². The average molecular weight is 311 g/mol. The molecule has 0 saturated carbocycles.